The van der Waals surface area contributed by atoms with Gasteiger partial charge in [0.1, 0.15) is 11.9 Å². The number of imidazole rings is 1. The maximum Gasteiger partial charge on any atom is 0.128 e. The summed E-state index contributed by atoms with van der Waals surface area (Å²) in [7, 11) is 0. The van der Waals surface area contributed by atoms with Crippen molar-refractivity contribution in [1.82, 2.24) is 15.3 Å². The molecule has 3 aromatic rings. The highest BCUT2D eigenvalue weighted by Crippen LogP contribution is 2.24. The minimum absolute atomic E-state index is 0.0679. The molecule has 0 radical (unpaired) electrons. The molecular weight excluding hydrogens is 302 g/mol. The van der Waals surface area contributed by atoms with Gasteiger partial charge in [0.2, 0.25) is 0 Å². The molecule has 2 aromatic heterocycles. The van der Waals surface area contributed by atoms with E-state index < -0.39 is 0 Å². The first-order chi connectivity index (χ1) is 10.2. The zero-order valence-corrected chi connectivity index (χ0v) is 13.2. The molecule has 3 rings (SSSR count). The van der Waals surface area contributed by atoms with Crippen molar-refractivity contribution in [2.24, 2.45) is 0 Å². The fourth-order valence-electron chi connectivity index (χ4n) is 2.27. The summed E-state index contributed by atoms with van der Waals surface area (Å²) in [4.78, 5) is 8.82. The highest BCUT2D eigenvalue weighted by Gasteiger charge is 2.17. The van der Waals surface area contributed by atoms with Crippen molar-refractivity contribution in [3.8, 4) is 0 Å². The Balaban J connectivity index is 1.81. The fourth-order valence-corrected chi connectivity index (χ4v) is 3.26. The number of halogens is 1. The van der Waals surface area contributed by atoms with Gasteiger partial charge in [-0.05, 0) is 41.6 Å². The van der Waals surface area contributed by atoms with E-state index in [0.29, 0.717) is 0 Å². The van der Waals surface area contributed by atoms with Crippen LogP contribution in [0.1, 0.15) is 27.9 Å². The molecule has 5 heteroatoms. The monoisotopic (exact) mass is 317 g/mol. The van der Waals surface area contributed by atoms with Crippen molar-refractivity contribution in [3.63, 3.8) is 0 Å². The summed E-state index contributed by atoms with van der Waals surface area (Å²) in [5, 5.41) is 6.41. The average Bonchev–Trinajstić information content (AvgIpc) is 3.16. The van der Waals surface area contributed by atoms with Gasteiger partial charge in [0, 0.05) is 28.8 Å². The summed E-state index contributed by atoms with van der Waals surface area (Å²) in [5.41, 5.74) is 2.44. The third kappa shape index (κ3) is 3.35. The van der Waals surface area contributed by atoms with E-state index in [1.54, 1.807) is 17.5 Å². The zero-order chi connectivity index (χ0) is 14.7. The Morgan fingerprint density at radius 1 is 1.38 bits per heavy atom. The summed E-state index contributed by atoms with van der Waals surface area (Å²) in [6.45, 7) is 2.84. The van der Waals surface area contributed by atoms with E-state index in [2.05, 4.69) is 39.7 Å². The van der Waals surface area contributed by atoms with Gasteiger partial charge in [-0.1, -0.05) is 23.7 Å². The number of aryl methyl sites for hydroxylation is 1. The molecule has 0 aliphatic rings. The van der Waals surface area contributed by atoms with Crippen LogP contribution in [0.25, 0.3) is 0 Å². The Morgan fingerprint density at radius 3 is 3.00 bits per heavy atom. The SMILES string of the molecule is Cc1ccc(Cl)cc1CN[C@H](c1ncc[nH]1)c1cccs1. The van der Waals surface area contributed by atoms with Crippen LogP contribution in [0.3, 0.4) is 0 Å². The molecule has 0 spiro atoms. The molecule has 0 amide bonds. The van der Waals surface area contributed by atoms with Crippen molar-refractivity contribution < 1.29 is 0 Å². The molecule has 108 valence electrons. The highest BCUT2D eigenvalue weighted by atomic mass is 35.5. The van der Waals surface area contributed by atoms with Crippen LogP contribution in [0.4, 0.5) is 0 Å². The van der Waals surface area contributed by atoms with Crippen molar-refractivity contribution in [3.05, 3.63) is 75.0 Å². The third-order valence-electron chi connectivity index (χ3n) is 3.43. The number of thiophene rings is 1. The van der Waals surface area contributed by atoms with Crippen LogP contribution in [-0.2, 0) is 6.54 Å². The quantitative estimate of drug-likeness (QED) is 0.736. The summed E-state index contributed by atoms with van der Waals surface area (Å²) in [6.07, 6.45) is 3.63. The molecule has 3 nitrogen and oxygen atoms in total. The molecular formula is C16H16ClN3S. The number of hydrogen-bond acceptors (Lipinski definition) is 3. The summed E-state index contributed by atoms with van der Waals surface area (Å²) < 4.78 is 0. The lowest BCUT2D eigenvalue weighted by molar-refractivity contribution is 0.587. The van der Waals surface area contributed by atoms with Crippen molar-refractivity contribution in [2.45, 2.75) is 19.5 Å². The van der Waals surface area contributed by atoms with E-state index in [4.69, 9.17) is 11.6 Å². The smallest absolute Gasteiger partial charge is 0.128 e. The third-order valence-corrected chi connectivity index (χ3v) is 4.60. The van der Waals surface area contributed by atoms with Gasteiger partial charge in [-0.25, -0.2) is 4.98 Å². The Bertz CT molecular complexity index is 658. The summed E-state index contributed by atoms with van der Waals surface area (Å²) in [5.74, 6) is 0.928. The predicted molar refractivity (Wildman–Crippen MR) is 87.8 cm³/mol. The maximum atomic E-state index is 6.09. The van der Waals surface area contributed by atoms with Crippen LogP contribution < -0.4 is 5.32 Å². The van der Waals surface area contributed by atoms with Gasteiger partial charge in [-0.2, -0.15) is 0 Å². The molecule has 0 saturated heterocycles. The first-order valence-electron chi connectivity index (χ1n) is 6.75. The first kappa shape index (κ1) is 14.3. The first-order valence-corrected chi connectivity index (χ1v) is 8.01. The minimum atomic E-state index is 0.0679. The number of rotatable bonds is 5. The molecule has 21 heavy (non-hydrogen) atoms. The number of H-pyrrole nitrogens is 1. The second kappa shape index (κ2) is 6.43. The number of hydrogen-bond donors (Lipinski definition) is 2. The molecule has 0 fully saturated rings. The van der Waals surface area contributed by atoms with Gasteiger partial charge in [0.15, 0.2) is 0 Å². The topological polar surface area (TPSA) is 40.7 Å². The Kier molecular flexibility index (Phi) is 4.39. The molecule has 2 N–H and O–H groups in total. The largest absolute Gasteiger partial charge is 0.347 e. The standard InChI is InChI=1S/C16H16ClN3S/c1-11-4-5-13(17)9-12(11)10-20-15(14-3-2-8-21-14)16-18-6-7-19-16/h2-9,15,20H,10H2,1H3,(H,18,19)/t15-/m0/s1. The van der Waals surface area contributed by atoms with Crippen LogP contribution in [0, 0.1) is 6.92 Å². The zero-order valence-electron chi connectivity index (χ0n) is 11.6. The van der Waals surface area contributed by atoms with Crippen LogP contribution >= 0.6 is 22.9 Å². The Morgan fingerprint density at radius 2 is 2.29 bits per heavy atom. The van der Waals surface area contributed by atoms with Gasteiger partial charge in [0.05, 0.1) is 0 Å². The van der Waals surface area contributed by atoms with E-state index in [-0.39, 0.29) is 6.04 Å². The fraction of sp³-hybridized carbons (Fsp3) is 0.188. The van der Waals surface area contributed by atoms with Crippen molar-refractivity contribution >= 4 is 22.9 Å². The molecule has 0 bridgehead atoms. The van der Waals surface area contributed by atoms with E-state index in [9.17, 15) is 0 Å². The number of aromatic amines is 1. The van der Waals surface area contributed by atoms with Gasteiger partial charge in [-0.15, -0.1) is 11.3 Å². The van der Waals surface area contributed by atoms with Crippen molar-refractivity contribution in [1.29, 1.82) is 0 Å². The van der Waals surface area contributed by atoms with E-state index in [0.717, 1.165) is 17.4 Å². The second-order valence-electron chi connectivity index (χ2n) is 4.87. The van der Waals surface area contributed by atoms with Crippen LogP contribution in [0.5, 0.6) is 0 Å². The number of aromatic nitrogens is 2. The average molecular weight is 318 g/mol. The van der Waals surface area contributed by atoms with E-state index >= 15 is 0 Å². The second-order valence-corrected chi connectivity index (χ2v) is 6.29. The Hall–Kier alpha value is -1.62. The lowest BCUT2D eigenvalue weighted by Gasteiger charge is -2.16. The molecule has 2 heterocycles. The predicted octanol–water partition coefficient (Wildman–Crippen LogP) is 4.31. The molecule has 0 saturated carbocycles. The van der Waals surface area contributed by atoms with Gasteiger partial charge in [0.25, 0.3) is 0 Å². The number of nitrogens with one attached hydrogen (secondary N) is 2. The Labute approximate surface area is 133 Å². The molecule has 0 aliphatic carbocycles. The van der Waals surface area contributed by atoms with Crippen molar-refractivity contribution in [2.75, 3.05) is 0 Å². The highest BCUT2D eigenvalue weighted by molar-refractivity contribution is 7.10. The van der Waals surface area contributed by atoms with Gasteiger partial charge < -0.3 is 4.98 Å². The van der Waals surface area contributed by atoms with Gasteiger partial charge >= 0.3 is 0 Å². The lowest BCUT2D eigenvalue weighted by atomic mass is 10.1. The van der Waals surface area contributed by atoms with Crippen LogP contribution in [0.2, 0.25) is 5.02 Å². The molecule has 1 aromatic carbocycles. The number of nitrogens with zero attached hydrogens (tertiary/aromatic N) is 1. The lowest BCUT2D eigenvalue weighted by Crippen LogP contribution is -2.22. The maximum absolute atomic E-state index is 6.09. The van der Waals surface area contributed by atoms with Gasteiger partial charge in [-0.3, -0.25) is 5.32 Å². The normalized spacial score (nSPS) is 12.5. The van der Waals surface area contributed by atoms with Crippen LogP contribution in [-0.4, -0.2) is 9.97 Å². The molecule has 0 unspecified atom stereocenters. The summed E-state index contributed by atoms with van der Waals surface area (Å²) >= 11 is 7.81. The minimum Gasteiger partial charge on any atom is -0.347 e. The summed E-state index contributed by atoms with van der Waals surface area (Å²) in [6, 6.07) is 10.2. The van der Waals surface area contributed by atoms with E-state index in [1.165, 1.54) is 16.0 Å². The van der Waals surface area contributed by atoms with E-state index in [1.807, 2.05) is 24.4 Å². The number of benzene rings is 1. The molecule has 1 atom stereocenters. The van der Waals surface area contributed by atoms with Crippen LogP contribution in [0.15, 0.2) is 48.1 Å². The molecule has 0 aliphatic heterocycles.